The van der Waals surface area contributed by atoms with Gasteiger partial charge in [-0.1, -0.05) is 23.1 Å². The number of hydrogen-bond acceptors (Lipinski definition) is 7. The molecule has 3 rings (SSSR count). The smallest absolute Gasteiger partial charge is 0.233 e. The van der Waals surface area contributed by atoms with E-state index in [4.69, 9.17) is 4.42 Å². The Morgan fingerprint density at radius 1 is 1.57 bits per heavy atom. The van der Waals surface area contributed by atoms with Gasteiger partial charge >= 0.3 is 0 Å². The van der Waals surface area contributed by atoms with E-state index >= 15 is 0 Å². The zero-order valence-electron chi connectivity index (χ0n) is 11.5. The number of thioether (sulfide) groups is 1. The van der Waals surface area contributed by atoms with Crippen molar-refractivity contribution < 1.29 is 9.21 Å². The van der Waals surface area contributed by atoms with E-state index in [1.807, 2.05) is 19.1 Å². The minimum Gasteiger partial charge on any atom is -0.467 e. The SMILES string of the molecule is C[C@@H](Sc1nnc(NCc2ccco2)s1)C(=O)NC1CC1. The van der Waals surface area contributed by atoms with Crippen molar-refractivity contribution in [1.29, 1.82) is 0 Å². The van der Waals surface area contributed by atoms with Crippen LogP contribution in [0.15, 0.2) is 27.2 Å². The number of amides is 1. The Morgan fingerprint density at radius 3 is 3.14 bits per heavy atom. The van der Waals surface area contributed by atoms with Gasteiger partial charge in [0.25, 0.3) is 0 Å². The number of aromatic nitrogens is 2. The lowest BCUT2D eigenvalue weighted by atomic mass is 10.4. The third-order valence-electron chi connectivity index (χ3n) is 2.97. The van der Waals surface area contributed by atoms with Crippen LogP contribution in [0.2, 0.25) is 0 Å². The average Bonchev–Trinajstić information content (AvgIpc) is 2.96. The summed E-state index contributed by atoms with van der Waals surface area (Å²) in [6.45, 7) is 2.46. The van der Waals surface area contributed by atoms with Crippen molar-refractivity contribution in [3.63, 3.8) is 0 Å². The number of carbonyl (C=O) groups is 1. The minimum absolute atomic E-state index is 0.0720. The highest BCUT2D eigenvalue weighted by Crippen LogP contribution is 2.29. The minimum atomic E-state index is -0.156. The predicted octanol–water partition coefficient (Wildman–Crippen LogP) is 2.50. The van der Waals surface area contributed by atoms with Gasteiger partial charge in [-0.15, -0.1) is 10.2 Å². The second kappa shape index (κ2) is 6.48. The molecule has 0 aliphatic heterocycles. The highest BCUT2D eigenvalue weighted by Gasteiger charge is 2.26. The van der Waals surface area contributed by atoms with E-state index in [-0.39, 0.29) is 11.2 Å². The van der Waals surface area contributed by atoms with E-state index in [1.165, 1.54) is 23.1 Å². The molecule has 21 heavy (non-hydrogen) atoms. The van der Waals surface area contributed by atoms with Crippen LogP contribution in [0.1, 0.15) is 25.5 Å². The van der Waals surface area contributed by atoms with E-state index in [2.05, 4.69) is 20.8 Å². The van der Waals surface area contributed by atoms with Gasteiger partial charge in [0.1, 0.15) is 5.76 Å². The fourth-order valence-corrected chi connectivity index (χ4v) is 3.56. The summed E-state index contributed by atoms with van der Waals surface area (Å²) in [6.07, 6.45) is 3.84. The normalized spacial score (nSPS) is 15.7. The fraction of sp³-hybridized carbons (Fsp3) is 0.462. The first-order valence-electron chi connectivity index (χ1n) is 6.77. The number of nitrogens with one attached hydrogen (secondary N) is 2. The number of rotatable bonds is 7. The van der Waals surface area contributed by atoms with Crippen molar-refractivity contribution in [2.45, 2.75) is 41.9 Å². The Bertz CT molecular complexity index is 595. The van der Waals surface area contributed by atoms with Gasteiger partial charge in [0.15, 0.2) is 4.34 Å². The van der Waals surface area contributed by atoms with E-state index in [9.17, 15) is 4.79 Å². The summed E-state index contributed by atoms with van der Waals surface area (Å²) in [5, 5.41) is 14.9. The highest BCUT2D eigenvalue weighted by atomic mass is 32.2. The molecule has 0 spiro atoms. The molecule has 2 heterocycles. The first-order chi connectivity index (χ1) is 10.2. The van der Waals surface area contributed by atoms with Gasteiger partial charge < -0.3 is 15.1 Å². The van der Waals surface area contributed by atoms with Crippen LogP contribution in [0.3, 0.4) is 0 Å². The number of anilines is 1. The van der Waals surface area contributed by atoms with Crippen LogP contribution < -0.4 is 10.6 Å². The molecule has 112 valence electrons. The van der Waals surface area contributed by atoms with E-state index in [0.717, 1.165) is 28.1 Å². The molecule has 2 aromatic rings. The molecular weight excluding hydrogens is 308 g/mol. The molecule has 0 aromatic carbocycles. The lowest BCUT2D eigenvalue weighted by molar-refractivity contribution is -0.120. The van der Waals surface area contributed by atoms with Gasteiger partial charge in [-0.2, -0.15) is 0 Å². The Morgan fingerprint density at radius 2 is 2.43 bits per heavy atom. The molecule has 1 fully saturated rings. The number of hydrogen-bond donors (Lipinski definition) is 2. The Hall–Kier alpha value is -1.54. The van der Waals surface area contributed by atoms with E-state index in [1.54, 1.807) is 6.26 Å². The molecule has 1 atom stereocenters. The quantitative estimate of drug-likeness (QED) is 0.762. The molecule has 2 aromatic heterocycles. The van der Waals surface area contributed by atoms with Crippen LogP contribution in [0.5, 0.6) is 0 Å². The second-order valence-corrected chi connectivity index (χ2v) is 7.41. The summed E-state index contributed by atoms with van der Waals surface area (Å²) < 4.78 is 6.02. The Labute approximate surface area is 130 Å². The molecule has 0 bridgehead atoms. The molecular formula is C13H16N4O2S2. The fourth-order valence-electron chi connectivity index (χ4n) is 1.66. The molecule has 2 N–H and O–H groups in total. The third-order valence-corrected chi connectivity index (χ3v) is 5.04. The monoisotopic (exact) mass is 324 g/mol. The summed E-state index contributed by atoms with van der Waals surface area (Å²) >= 11 is 2.88. The molecule has 1 amide bonds. The Kier molecular flexibility index (Phi) is 4.45. The summed E-state index contributed by atoms with van der Waals surface area (Å²) in [7, 11) is 0. The highest BCUT2D eigenvalue weighted by molar-refractivity contribution is 8.02. The first kappa shape index (κ1) is 14.4. The second-order valence-electron chi connectivity index (χ2n) is 4.85. The number of furan rings is 1. The maximum atomic E-state index is 11.9. The van der Waals surface area contributed by atoms with Gasteiger partial charge in [0, 0.05) is 6.04 Å². The summed E-state index contributed by atoms with van der Waals surface area (Å²) in [5.41, 5.74) is 0. The van der Waals surface area contributed by atoms with Crippen molar-refractivity contribution in [3.05, 3.63) is 24.2 Å². The summed E-state index contributed by atoms with van der Waals surface area (Å²) in [4.78, 5) is 11.9. The van der Waals surface area contributed by atoms with Crippen molar-refractivity contribution in [2.24, 2.45) is 0 Å². The largest absolute Gasteiger partial charge is 0.467 e. The summed E-state index contributed by atoms with van der Waals surface area (Å²) in [5.74, 6) is 0.916. The van der Waals surface area contributed by atoms with Crippen LogP contribution in [-0.4, -0.2) is 27.4 Å². The maximum Gasteiger partial charge on any atom is 0.233 e. The van der Waals surface area contributed by atoms with Crippen molar-refractivity contribution in [3.8, 4) is 0 Å². The van der Waals surface area contributed by atoms with Crippen molar-refractivity contribution >= 4 is 34.1 Å². The average molecular weight is 324 g/mol. The van der Waals surface area contributed by atoms with Crippen LogP contribution >= 0.6 is 23.1 Å². The van der Waals surface area contributed by atoms with Gasteiger partial charge in [0.05, 0.1) is 18.1 Å². The molecule has 1 aliphatic carbocycles. The standard InChI is InChI=1S/C13H16N4O2S2/c1-8(11(18)15-9-4-5-9)20-13-17-16-12(21-13)14-7-10-3-2-6-19-10/h2-3,6,8-9H,4-5,7H2,1H3,(H,14,16)(H,15,18)/t8-/m1/s1. The zero-order chi connectivity index (χ0) is 14.7. The van der Waals surface area contributed by atoms with Crippen molar-refractivity contribution in [2.75, 3.05) is 5.32 Å². The maximum absolute atomic E-state index is 11.9. The molecule has 0 radical (unpaired) electrons. The van der Waals surface area contributed by atoms with Gasteiger partial charge in [-0.25, -0.2) is 0 Å². The predicted molar refractivity (Wildman–Crippen MR) is 82.4 cm³/mol. The number of nitrogens with zero attached hydrogens (tertiary/aromatic N) is 2. The Balaban J connectivity index is 1.48. The van der Waals surface area contributed by atoms with Crippen molar-refractivity contribution in [1.82, 2.24) is 15.5 Å². The van der Waals surface area contributed by atoms with Gasteiger partial charge in [0.2, 0.25) is 11.0 Å². The van der Waals surface area contributed by atoms with E-state index < -0.39 is 0 Å². The van der Waals surface area contributed by atoms with Gasteiger partial charge in [-0.05, 0) is 31.9 Å². The summed E-state index contributed by atoms with van der Waals surface area (Å²) in [6, 6.07) is 4.13. The van der Waals surface area contributed by atoms with Crippen LogP contribution in [0.25, 0.3) is 0 Å². The molecule has 0 saturated heterocycles. The van der Waals surface area contributed by atoms with Crippen LogP contribution in [-0.2, 0) is 11.3 Å². The third kappa shape index (κ3) is 4.21. The number of carbonyl (C=O) groups excluding carboxylic acids is 1. The lowest BCUT2D eigenvalue weighted by Gasteiger charge is -2.08. The zero-order valence-corrected chi connectivity index (χ0v) is 13.2. The molecule has 0 unspecified atom stereocenters. The lowest BCUT2D eigenvalue weighted by Crippen LogP contribution is -2.32. The van der Waals surface area contributed by atoms with Crippen LogP contribution in [0, 0.1) is 0 Å². The molecule has 8 heteroatoms. The first-order valence-corrected chi connectivity index (χ1v) is 8.47. The molecule has 1 aliphatic rings. The molecule has 1 saturated carbocycles. The van der Waals surface area contributed by atoms with E-state index in [0.29, 0.717) is 12.6 Å². The molecule has 6 nitrogen and oxygen atoms in total. The topological polar surface area (TPSA) is 80.1 Å². The van der Waals surface area contributed by atoms with Gasteiger partial charge in [-0.3, -0.25) is 4.79 Å². The van der Waals surface area contributed by atoms with Crippen LogP contribution in [0.4, 0.5) is 5.13 Å².